The Balaban J connectivity index is 1.80. The minimum Gasteiger partial charge on any atom is -0.393 e. The van der Waals surface area contributed by atoms with Gasteiger partial charge in [-0.05, 0) is 51.5 Å². The second-order valence-electron chi connectivity index (χ2n) is 6.23. The number of nitrogens with one attached hydrogen (secondary N) is 1. The first-order valence-electron chi connectivity index (χ1n) is 7.14. The SMILES string of the molecule is CC(C)(C)NCC(O)CON=C1CCCc2sccc21. The van der Waals surface area contributed by atoms with Crippen molar-refractivity contribution in [1.82, 2.24) is 5.32 Å². The van der Waals surface area contributed by atoms with E-state index in [9.17, 15) is 5.11 Å². The van der Waals surface area contributed by atoms with Gasteiger partial charge in [0.05, 0.1) is 5.71 Å². The zero-order chi connectivity index (χ0) is 14.6. The number of aryl methyl sites for hydroxylation is 1. The highest BCUT2D eigenvalue weighted by molar-refractivity contribution is 7.10. The molecule has 112 valence electrons. The molecule has 1 aromatic heterocycles. The number of rotatable bonds is 5. The number of thiophene rings is 1. The van der Waals surface area contributed by atoms with Crippen LogP contribution in [0.2, 0.25) is 0 Å². The molecule has 1 atom stereocenters. The summed E-state index contributed by atoms with van der Waals surface area (Å²) < 4.78 is 0. The van der Waals surface area contributed by atoms with Crippen molar-refractivity contribution in [2.24, 2.45) is 5.16 Å². The Hall–Kier alpha value is -0.910. The van der Waals surface area contributed by atoms with Gasteiger partial charge in [-0.2, -0.15) is 0 Å². The van der Waals surface area contributed by atoms with Gasteiger partial charge in [0, 0.05) is 22.5 Å². The fourth-order valence-corrected chi connectivity index (χ4v) is 3.06. The van der Waals surface area contributed by atoms with E-state index in [1.807, 2.05) is 0 Å². The number of β-amino-alcohol motifs (C(OH)–C–C–N with tert-alkyl or cyclic N) is 1. The van der Waals surface area contributed by atoms with Crippen LogP contribution in [0.25, 0.3) is 0 Å². The van der Waals surface area contributed by atoms with Crippen LogP contribution in [0.3, 0.4) is 0 Å². The minimum absolute atomic E-state index is 0.00181. The highest BCUT2D eigenvalue weighted by Crippen LogP contribution is 2.26. The fourth-order valence-electron chi connectivity index (χ4n) is 2.12. The lowest BCUT2D eigenvalue weighted by Gasteiger charge is -2.22. The lowest BCUT2D eigenvalue weighted by atomic mass is 9.97. The van der Waals surface area contributed by atoms with Crippen molar-refractivity contribution in [3.63, 3.8) is 0 Å². The zero-order valence-electron chi connectivity index (χ0n) is 12.5. The molecule has 1 unspecified atom stereocenters. The molecule has 0 amide bonds. The van der Waals surface area contributed by atoms with Crippen LogP contribution in [0, 0.1) is 0 Å². The third-order valence-electron chi connectivity index (χ3n) is 3.18. The lowest BCUT2D eigenvalue weighted by Crippen LogP contribution is -2.42. The molecule has 0 radical (unpaired) electrons. The average molecular weight is 296 g/mol. The second kappa shape index (κ2) is 6.70. The Labute approximate surface area is 124 Å². The summed E-state index contributed by atoms with van der Waals surface area (Å²) >= 11 is 1.78. The van der Waals surface area contributed by atoms with Crippen molar-refractivity contribution in [3.8, 4) is 0 Å². The van der Waals surface area contributed by atoms with Crippen LogP contribution >= 0.6 is 11.3 Å². The van der Waals surface area contributed by atoms with Gasteiger partial charge in [-0.25, -0.2) is 0 Å². The molecule has 1 heterocycles. The predicted octanol–water partition coefficient (Wildman–Crippen LogP) is 2.55. The molecule has 1 aliphatic carbocycles. The van der Waals surface area contributed by atoms with Crippen LogP contribution in [-0.4, -0.2) is 35.6 Å². The number of oxime groups is 1. The van der Waals surface area contributed by atoms with Gasteiger partial charge in [-0.3, -0.25) is 0 Å². The number of hydrogen-bond donors (Lipinski definition) is 2. The molecule has 5 heteroatoms. The normalized spacial score (nSPS) is 18.9. The average Bonchev–Trinajstić information content (AvgIpc) is 2.84. The van der Waals surface area contributed by atoms with E-state index in [0.29, 0.717) is 6.54 Å². The Bertz CT molecular complexity index is 463. The summed E-state index contributed by atoms with van der Waals surface area (Å²) in [5, 5.41) is 19.4. The van der Waals surface area contributed by atoms with E-state index in [1.165, 1.54) is 10.4 Å². The molecule has 0 aliphatic heterocycles. The maximum atomic E-state index is 9.84. The first kappa shape index (κ1) is 15.5. The van der Waals surface area contributed by atoms with E-state index in [-0.39, 0.29) is 12.1 Å². The zero-order valence-corrected chi connectivity index (χ0v) is 13.3. The molecule has 0 saturated carbocycles. The highest BCUT2D eigenvalue weighted by Gasteiger charge is 2.17. The smallest absolute Gasteiger partial charge is 0.144 e. The van der Waals surface area contributed by atoms with Gasteiger partial charge in [0.15, 0.2) is 0 Å². The van der Waals surface area contributed by atoms with Crippen molar-refractivity contribution in [3.05, 3.63) is 21.9 Å². The van der Waals surface area contributed by atoms with Crippen molar-refractivity contribution < 1.29 is 9.94 Å². The van der Waals surface area contributed by atoms with Gasteiger partial charge in [-0.1, -0.05) is 5.16 Å². The molecule has 20 heavy (non-hydrogen) atoms. The number of hydrogen-bond acceptors (Lipinski definition) is 5. The Kier molecular flexibility index (Phi) is 5.18. The number of nitrogens with zero attached hydrogens (tertiary/aromatic N) is 1. The number of aliphatic hydroxyl groups excluding tert-OH is 1. The minimum atomic E-state index is -0.538. The van der Waals surface area contributed by atoms with Crippen LogP contribution in [0.1, 0.15) is 44.1 Å². The van der Waals surface area contributed by atoms with Crippen molar-refractivity contribution in [2.75, 3.05) is 13.2 Å². The van der Waals surface area contributed by atoms with Gasteiger partial charge in [-0.15, -0.1) is 11.3 Å². The molecule has 1 aliphatic rings. The van der Waals surface area contributed by atoms with E-state index in [2.05, 4.69) is 42.7 Å². The van der Waals surface area contributed by atoms with Gasteiger partial charge < -0.3 is 15.3 Å². The fraction of sp³-hybridized carbons (Fsp3) is 0.667. The first-order valence-corrected chi connectivity index (χ1v) is 8.02. The van der Waals surface area contributed by atoms with Crippen molar-refractivity contribution in [1.29, 1.82) is 0 Å². The monoisotopic (exact) mass is 296 g/mol. The topological polar surface area (TPSA) is 53.8 Å². The largest absolute Gasteiger partial charge is 0.393 e. The quantitative estimate of drug-likeness (QED) is 0.821. The standard InChI is InChI=1S/C15H24N2O2S/c1-15(2,3)16-9-11(18)10-19-17-13-5-4-6-14-12(13)7-8-20-14/h7-8,11,16,18H,4-6,9-10H2,1-3H3. The maximum absolute atomic E-state index is 9.84. The molecule has 4 nitrogen and oxygen atoms in total. The summed E-state index contributed by atoms with van der Waals surface area (Å²) in [6.07, 6.45) is 2.69. The maximum Gasteiger partial charge on any atom is 0.144 e. The number of fused-ring (bicyclic) bond motifs is 1. The second-order valence-corrected chi connectivity index (χ2v) is 7.23. The van der Waals surface area contributed by atoms with Gasteiger partial charge in [0.2, 0.25) is 0 Å². The van der Waals surface area contributed by atoms with Gasteiger partial charge >= 0.3 is 0 Å². The lowest BCUT2D eigenvalue weighted by molar-refractivity contribution is 0.0370. The van der Waals surface area contributed by atoms with Crippen LogP contribution in [-0.2, 0) is 11.3 Å². The highest BCUT2D eigenvalue weighted by atomic mass is 32.1. The molecule has 0 fully saturated rings. The van der Waals surface area contributed by atoms with Crippen molar-refractivity contribution >= 4 is 17.0 Å². The van der Waals surface area contributed by atoms with E-state index in [0.717, 1.165) is 25.0 Å². The Morgan fingerprint density at radius 2 is 2.25 bits per heavy atom. The van der Waals surface area contributed by atoms with E-state index in [1.54, 1.807) is 11.3 Å². The molecule has 0 saturated heterocycles. The summed E-state index contributed by atoms with van der Waals surface area (Å²) in [5.74, 6) is 0. The Morgan fingerprint density at radius 3 is 3.00 bits per heavy atom. The molecule has 2 N–H and O–H groups in total. The van der Waals surface area contributed by atoms with E-state index < -0.39 is 6.10 Å². The number of aliphatic hydroxyl groups is 1. The van der Waals surface area contributed by atoms with Crippen LogP contribution in [0.5, 0.6) is 0 Å². The summed E-state index contributed by atoms with van der Waals surface area (Å²) in [5.41, 5.74) is 2.24. The molecule has 0 spiro atoms. The van der Waals surface area contributed by atoms with Gasteiger partial charge in [0.25, 0.3) is 0 Å². The van der Waals surface area contributed by atoms with Crippen molar-refractivity contribution in [2.45, 2.75) is 51.7 Å². The Morgan fingerprint density at radius 1 is 1.45 bits per heavy atom. The van der Waals surface area contributed by atoms with Crippen LogP contribution < -0.4 is 5.32 Å². The molecular weight excluding hydrogens is 272 g/mol. The van der Waals surface area contributed by atoms with E-state index >= 15 is 0 Å². The summed E-state index contributed by atoms with van der Waals surface area (Å²) in [4.78, 5) is 6.73. The third-order valence-corrected chi connectivity index (χ3v) is 4.16. The molecule has 2 rings (SSSR count). The van der Waals surface area contributed by atoms with Gasteiger partial charge in [0.1, 0.15) is 12.7 Å². The molecule has 0 aromatic carbocycles. The van der Waals surface area contributed by atoms with Crippen LogP contribution in [0.4, 0.5) is 0 Å². The summed E-state index contributed by atoms with van der Waals surface area (Å²) in [7, 11) is 0. The van der Waals surface area contributed by atoms with Crippen LogP contribution in [0.15, 0.2) is 16.6 Å². The first-order chi connectivity index (χ1) is 9.46. The molecular formula is C15H24N2O2S. The third kappa shape index (κ3) is 4.58. The predicted molar refractivity (Wildman–Crippen MR) is 83.5 cm³/mol. The molecule has 0 bridgehead atoms. The molecule has 1 aromatic rings. The van der Waals surface area contributed by atoms with E-state index in [4.69, 9.17) is 4.84 Å². The summed E-state index contributed by atoms with van der Waals surface area (Å²) in [6, 6.07) is 2.11. The summed E-state index contributed by atoms with van der Waals surface area (Å²) in [6.45, 7) is 6.95.